The van der Waals surface area contributed by atoms with Crippen molar-refractivity contribution < 1.29 is 0 Å². The van der Waals surface area contributed by atoms with Gasteiger partial charge >= 0.3 is 0 Å². The Bertz CT molecular complexity index is 366. The standard InChI is InChI=1S/C7H7N5/c8-6-4-10-12(5-6)7-2-1-3-9-11-7/h1-5H,8H2. The van der Waals surface area contributed by atoms with Gasteiger partial charge in [-0.3, -0.25) is 0 Å². The monoisotopic (exact) mass is 161 g/mol. The summed E-state index contributed by atoms with van der Waals surface area (Å²) in [7, 11) is 0. The van der Waals surface area contributed by atoms with Crippen LogP contribution in [0.3, 0.4) is 0 Å². The summed E-state index contributed by atoms with van der Waals surface area (Å²) in [5.41, 5.74) is 6.10. The molecule has 2 heterocycles. The second-order valence-corrected chi connectivity index (χ2v) is 2.30. The minimum atomic E-state index is 0.612. The Morgan fingerprint density at radius 3 is 2.92 bits per heavy atom. The van der Waals surface area contributed by atoms with E-state index in [0.29, 0.717) is 11.5 Å². The van der Waals surface area contributed by atoms with Gasteiger partial charge in [-0.15, -0.1) is 5.10 Å². The second kappa shape index (κ2) is 2.61. The molecule has 0 fully saturated rings. The molecule has 12 heavy (non-hydrogen) atoms. The van der Waals surface area contributed by atoms with E-state index in [4.69, 9.17) is 5.73 Å². The zero-order valence-electron chi connectivity index (χ0n) is 6.25. The van der Waals surface area contributed by atoms with Crippen LogP contribution in [0.15, 0.2) is 30.7 Å². The van der Waals surface area contributed by atoms with Crippen LogP contribution in [-0.4, -0.2) is 20.0 Å². The molecule has 0 spiro atoms. The number of hydrogen-bond acceptors (Lipinski definition) is 4. The number of anilines is 1. The van der Waals surface area contributed by atoms with Crippen molar-refractivity contribution in [3.63, 3.8) is 0 Å². The molecule has 5 heteroatoms. The third kappa shape index (κ3) is 1.12. The highest BCUT2D eigenvalue weighted by molar-refractivity contribution is 5.34. The Kier molecular flexibility index (Phi) is 1.48. The topological polar surface area (TPSA) is 69.6 Å². The molecule has 2 rings (SSSR count). The number of nitrogen functional groups attached to an aromatic ring is 1. The normalized spacial score (nSPS) is 10.0. The van der Waals surface area contributed by atoms with Gasteiger partial charge in [0, 0.05) is 6.20 Å². The molecule has 2 aromatic rings. The zero-order chi connectivity index (χ0) is 8.39. The minimum absolute atomic E-state index is 0.612. The molecule has 0 bridgehead atoms. The van der Waals surface area contributed by atoms with E-state index < -0.39 is 0 Å². The number of rotatable bonds is 1. The molecule has 0 amide bonds. The van der Waals surface area contributed by atoms with Crippen LogP contribution in [0.25, 0.3) is 5.82 Å². The molecule has 0 unspecified atom stereocenters. The van der Waals surface area contributed by atoms with Gasteiger partial charge in [0.25, 0.3) is 0 Å². The highest BCUT2D eigenvalue weighted by Crippen LogP contribution is 2.03. The Balaban J connectivity index is 2.45. The molecule has 0 aliphatic carbocycles. The maximum absolute atomic E-state index is 5.48. The van der Waals surface area contributed by atoms with Gasteiger partial charge in [-0.25, -0.2) is 4.68 Å². The molecular weight excluding hydrogens is 154 g/mol. The van der Waals surface area contributed by atoms with Gasteiger partial charge in [-0.2, -0.15) is 10.2 Å². The van der Waals surface area contributed by atoms with E-state index in [9.17, 15) is 0 Å². The van der Waals surface area contributed by atoms with E-state index >= 15 is 0 Å². The number of nitrogens with two attached hydrogens (primary N) is 1. The molecule has 0 aliphatic rings. The highest BCUT2D eigenvalue weighted by Gasteiger charge is 1.97. The van der Waals surface area contributed by atoms with Gasteiger partial charge in [-0.1, -0.05) is 0 Å². The van der Waals surface area contributed by atoms with E-state index in [-0.39, 0.29) is 0 Å². The Morgan fingerprint density at radius 1 is 1.42 bits per heavy atom. The summed E-state index contributed by atoms with van der Waals surface area (Å²) in [4.78, 5) is 0. The van der Waals surface area contributed by atoms with Crippen LogP contribution in [0.5, 0.6) is 0 Å². The van der Waals surface area contributed by atoms with E-state index in [1.807, 2.05) is 0 Å². The van der Waals surface area contributed by atoms with E-state index in [1.54, 1.807) is 35.4 Å². The van der Waals surface area contributed by atoms with Gasteiger partial charge in [0.15, 0.2) is 5.82 Å². The van der Waals surface area contributed by atoms with Crippen molar-refractivity contribution in [1.29, 1.82) is 0 Å². The van der Waals surface area contributed by atoms with Crippen LogP contribution in [0, 0.1) is 0 Å². The summed E-state index contributed by atoms with van der Waals surface area (Å²) in [5.74, 6) is 0.661. The van der Waals surface area contributed by atoms with Gasteiger partial charge in [0.2, 0.25) is 0 Å². The van der Waals surface area contributed by atoms with Gasteiger partial charge in [0.05, 0.1) is 18.1 Å². The zero-order valence-corrected chi connectivity index (χ0v) is 6.25. The summed E-state index contributed by atoms with van der Waals surface area (Å²) < 4.78 is 1.57. The number of hydrogen-bond donors (Lipinski definition) is 1. The predicted molar refractivity (Wildman–Crippen MR) is 43.6 cm³/mol. The van der Waals surface area contributed by atoms with Crippen molar-refractivity contribution in [2.75, 3.05) is 5.73 Å². The Morgan fingerprint density at radius 2 is 2.33 bits per heavy atom. The predicted octanol–water partition coefficient (Wildman–Crippen LogP) is 0.244. The molecule has 5 nitrogen and oxygen atoms in total. The van der Waals surface area contributed by atoms with Crippen LogP contribution in [0.2, 0.25) is 0 Å². The molecule has 60 valence electrons. The summed E-state index contributed by atoms with van der Waals surface area (Å²) in [6.45, 7) is 0. The van der Waals surface area contributed by atoms with E-state index in [2.05, 4.69) is 15.3 Å². The van der Waals surface area contributed by atoms with Crippen molar-refractivity contribution in [3.8, 4) is 5.82 Å². The van der Waals surface area contributed by atoms with Gasteiger partial charge in [0.1, 0.15) is 0 Å². The number of aromatic nitrogens is 4. The lowest BCUT2D eigenvalue weighted by atomic mass is 10.5. The van der Waals surface area contributed by atoms with Crippen LogP contribution < -0.4 is 5.73 Å². The first-order valence-electron chi connectivity index (χ1n) is 3.44. The highest BCUT2D eigenvalue weighted by atomic mass is 15.3. The quantitative estimate of drug-likeness (QED) is 0.650. The molecular formula is C7H7N5. The lowest BCUT2D eigenvalue weighted by molar-refractivity contribution is 0.814. The molecule has 0 aliphatic heterocycles. The molecule has 0 saturated carbocycles. The molecule has 0 radical (unpaired) electrons. The van der Waals surface area contributed by atoms with Gasteiger partial charge in [-0.05, 0) is 12.1 Å². The van der Waals surface area contributed by atoms with Crippen LogP contribution in [-0.2, 0) is 0 Å². The maximum Gasteiger partial charge on any atom is 0.175 e. The largest absolute Gasteiger partial charge is 0.396 e. The van der Waals surface area contributed by atoms with Gasteiger partial charge < -0.3 is 5.73 Å². The van der Waals surface area contributed by atoms with Crippen molar-refractivity contribution in [3.05, 3.63) is 30.7 Å². The first-order chi connectivity index (χ1) is 5.86. The van der Waals surface area contributed by atoms with E-state index in [1.165, 1.54) is 0 Å². The maximum atomic E-state index is 5.48. The molecule has 2 aromatic heterocycles. The Labute approximate surface area is 68.8 Å². The van der Waals surface area contributed by atoms with Crippen LogP contribution in [0.4, 0.5) is 5.69 Å². The smallest absolute Gasteiger partial charge is 0.175 e. The fourth-order valence-electron chi connectivity index (χ4n) is 0.878. The SMILES string of the molecule is Nc1cnn(-c2cccnn2)c1. The fourth-order valence-corrected chi connectivity index (χ4v) is 0.878. The first kappa shape index (κ1) is 6.78. The average Bonchev–Trinajstić information content (AvgIpc) is 2.54. The molecule has 0 atom stereocenters. The minimum Gasteiger partial charge on any atom is -0.396 e. The first-order valence-corrected chi connectivity index (χ1v) is 3.44. The summed E-state index contributed by atoms with van der Waals surface area (Å²) in [6.07, 6.45) is 4.86. The van der Waals surface area contributed by atoms with Crippen LogP contribution in [0.1, 0.15) is 0 Å². The second-order valence-electron chi connectivity index (χ2n) is 2.30. The lowest BCUT2D eigenvalue weighted by Crippen LogP contribution is -1.98. The Hall–Kier alpha value is -1.91. The summed E-state index contributed by atoms with van der Waals surface area (Å²) in [6, 6.07) is 3.60. The third-order valence-electron chi connectivity index (χ3n) is 1.40. The summed E-state index contributed by atoms with van der Waals surface area (Å²) in [5, 5.41) is 11.6. The molecule has 0 aromatic carbocycles. The molecule has 2 N–H and O–H groups in total. The summed E-state index contributed by atoms with van der Waals surface area (Å²) >= 11 is 0. The average molecular weight is 161 g/mol. The van der Waals surface area contributed by atoms with Crippen molar-refractivity contribution in [1.82, 2.24) is 20.0 Å². The van der Waals surface area contributed by atoms with Crippen molar-refractivity contribution >= 4 is 5.69 Å². The lowest BCUT2D eigenvalue weighted by Gasteiger charge is -1.95. The number of nitrogens with zero attached hydrogens (tertiary/aromatic N) is 4. The fraction of sp³-hybridized carbons (Fsp3) is 0. The van der Waals surface area contributed by atoms with E-state index in [0.717, 1.165) is 0 Å². The molecule has 0 saturated heterocycles. The van der Waals surface area contributed by atoms with Crippen LogP contribution >= 0.6 is 0 Å². The van der Waals surface area contributed by atoms with Crippen molar-refractivity contribution in [2.24, 2.45) is 0 Å². The third-order valence-corrected chi connectivity index (χ3v) is 1.40. The van der Waals surface area contributed by atoms with Crippen molar-refractivity contribution in [2.45, 2.75) is 0 Å².